The van der Waals surface area contributed by atoms with Gasteiger partial charge in [-0.1, -0.05) is 6.07 Å². The van der Waals surface area contributed by atoms with E-state index in [1.807, 2.05) is 18.2 Å². The molecule has 0 aliphatic carbocycles. The van der Waals surface area contributed by atoms with Gasteiger partial charge in [0, 0.05) is 12.7 Å². The molecule has 0 aliphatic heterocycles. The van der Waals surface area contributed by atoms with Gasteiger partial charge in [0.25, 0.3) is 5.91 Å². The molecule has 0 bridgehead atoms. The van der Waals surface area contributed by atoms with Crippen LogP contribution >= 0.6 is 0 Å². The van der Waals surface area contributed by atoms with Crippen LogP contribution in [0.1, 0.15) is 17.4 Å². The molecule has 7 heteroatoms. The highest BCUT2D eigenvalue weighted by atomic mass is 16.3. The summed E-state index contributed by atoms with van der Waals surface area (Å²) in [7, 11) is 0. The molecule has 0 fully saturated rings. The summed E-state index contributed by atoms with van der Waals surface area (Å²) in [5, 5.41) is 18.1. The van der Waals surface area contributed by atoms with Gasteiger partial charge < -0.3 is 15.7 Å². The highest BCUT2D eigenvalue weighted by molar-refractivity contribution is 5.95. The Bertz CT molecular complexity index is 588. The lowest BCUT2D eigenvalue weighted by molar-refractivity contribution is -0.120. The molecule has 7 nitrogen and oxygen atoms in total. The van der Waals surface area contributed by atoms with Crippen LogP contribution in [0, 0.1) is 0 Å². The molecule has 0 aliphatic rings. The van der Waals surface area contributed by atoms with Gasteiger partial charge in [-0.15, -0.1) is 0 Å². The Morgan fingerprint density at radius 3 is 2.90 bits per heavy atom. The lowest BCUT2D eigenvalue weighted by Gasteiger charge is -2.07. The number of aromatic nitrogens is 2. The number of hydrogen-bond donors (Lipinski definition) is 3. The minimum atomic E-state index is -0.618. The Balaban J connectivity index is 1.90. The molecule has 0 aromatic carbocycles. The first-order valence-electron chi connectivity index (χ1n) is 6.23. The molecular formula is C13H16N4O3. The van der Waals surface area contributed by atoms with E-state index < -0.39 is 12.0 Å². The average Bonchev–Trinajstić information content (AvgIpc) is 2.86. The van der Waals surface area contributed by atoms with Crippen LogP contribution in [0.2, 0.25) is 0 Å². The molecule has 1 unspecified atom stereocenters. The first-order chi connectivity index (χ1) is 9.56. The number of carbonyl (C=O) groups is 2. The first kappa shape index (κ1) is 14.0. The maximum absolute atomic E-state index is 11.8. The van der Waals surface area contributed by atoms with Gasteiger partial charge in [-0.05, 0) is 25.1 Å². The van der Waals surface area contributed by atoms with E-state index in [1.54, 1.807) is 23.7 Å². The van der Waals surface area contributed by atoms with Gasteiger partial charge in [0.1, 0.15) is 0 Å². The summed E-state index contributed by atoms with van der Waals surface area (Å²) in [4.78, 5) is 23.2. The van der Waals surface area contributed by atoms with Crippen LogP contribution in [0.15, 0.2) is 30.5 Å². The van der Waals surface area contributed by atoms with Crippen LogP contribution in [0.5, 0.6) is 0 Å². The highest BCUT2D eigenvalue weighted by Crippen LogP contribution is 2.05. The fraction of sp³-hybridized carbons (Fsp3) is 0.308. The number of aliphatic hydroxyl groups excluding tert-OH is 1. The van der Waals surface area contributed by atoms with Crippen LogP contribution in [0.25, 0.3) is 5.52 Å². The molecule has 20 heavy (non-hydrogen) atoms. The molecule has 0 saturated heterocycles. The van der Waals surface area contributed by atoms with E-state index in [1.165, 1.54) is 0 Å². The minimum absolute atomic E-state index is 0.153. The summed E-state index contributed by atoms with van der Waals surface area (Å²) in [5.74, 6) is -0.774. The molecule has 2 aromatic rings. The van der Waals surface area contributed by atoms with Crippen LogP contribution in [0.3, 0.4) is 0 Å². The molecule has 0 spiro atoms. The number of aliphatic hydroxyl groups is 1. The van der Waals surface area contributed by atoms with Gasteiger partial charge in [-0.2, -0.15) is 5.10 Å². The van der Waals surface area contributed by atoms with E-state index in [2.05, 4.69) is 15.7 Å². The van der Waals surface area contributed by atoms with Gasteiger partial charge in [0.05, 0.1) is 18.2 Å². The number of carbonyl (C=O) groups excluding carboxylic acids is 2. The lowest BCUT2D eigenvalue weighted by atomic mass is 10.3. The van der Waals surface area contributed by atoms with Gasteiger partial charge >= 0.3 is 0 Å². The number of nitrogens with zero attached hydrogens (tertiary/aromatic N) is 2. The predicted molar refractivity (Wildman–Crippen MR) is 72.2 cm³/mol. The Kier molecular flexibility index (Phi) is 4.31. The molecule has 2 aromatic heterocycles. The van der Waals surface area contributed by atoms with Gasteiger partial charge in [0.2, 0.25) is 5.91 Å². The van der Waals surface area contributed by atoms with Crippen molar-refractivity contribution in [1.29, 1.82) is 0 Å². The second kappa shape index (κ2) is 6.16. The van der Waals surface area contributed by atoms with Crippen molar-refractivity contribution in [2.45, 2.75) is 13.0 Å². The zero-order chi connectivity index (χ0) is 14.5. The SMILES string of the molecule is CC(O)CNC(=O)CNC(=O)c1cc2ccccn2n1. The summed E-state index contributed by atoms with van der Waals surface area (Å²) in [5.41, 5.74) is 1.05. The van der Waals surface area contributed by atoms with Crippen molar-refractivity contribution in [3.8, 4) is 0 Å². The van der Waals surface area contributed by atoms with Gasteiger partial charge in [-0.25, -0.2) is 4.52 Å². The summed E-state index contributed by atoms with van der Waals surface area (Å²) in [6, 6.07) is 7.13. The van der Waals surface area contributed by atoms with Crippen molar-refractivity contribution in [1.82, 2.24) is 20.2 Å². The molecule has 0 radical (unpaired) electrons. The van der Waals surface area contributed by atoms with Crippen molar-refractivity contribution in [2.24, 2.45) is 0 Å². The monoisotopic (exact) mass is 276 g/mol. The van der Waals surface area contributed by atoms with Crippen molar-refractivity contribution >= 4 is 17.3 Å². The predicted octanol–water partition coefficient (Wildman–Crippen LogP) is -0.439. The Morgan fingerprint density at radius 2 is 2.20 bits per heavy atom. The van der Waals surface area contributed by atoms with E-state index in [0.29, 0.717) is 0 Å². The number of nitrogens with one attached hydrogen (secondary N) is 2. The smallest absolute Gasteiger partial charge is 0.272 e. The van der Waals surface area contributed by atoms with E-state index >= 15 is 0 Å². The lowest BCUT2D eigenvalue weighted by Crippen LogP contribution is -2.39. The largest absolute Gasteiger partial charge is 0.392 e. The third kappa shape index (κ3) is 3.55. The summed E-state index contributed by atoms with van der Waals surface area (Å²) in [6.45, 7) is 1.57. The fourth-order valence-electron chi connectivity index (χ4n) is 1.62. The number of amides is 2. The topological polar surface area (TPSA) is 95.7 Å². The van der Waals surface area contributed by atoms with Crippen LogP contribution < -0.4 is 10.6 Å². The van der Waals surface area contributed by atoms with Gasteiger partial charge in [0.15, 0.2) is 5.69 Å². The Hall–Kier alpha value is -2.41. The zero-order valence-corrected chi connectivity index (χ0v) is 11.0. The van der Waals surface area contributed by atoms with E-state index in [0.717, 1.165) is 5.52 Å². The van der Waals surface area contributed by atoms with Crippen LogP contribution in [-0.4, -0.2) is 45.7 Å². The van der Waals surface area contributed by atoms with E-state index in [-0.39, 0.29) is 24.7 Å². The second-order valence-electron chi connectivity index (χ2n) is 4.44. The van der Waals surface area contributed by atoms with Gasteiger partial charge in [-0.3, -0.25) is 9.59 Å². The number of pyridine rings is 1. The van der Waals surface area contributed by atoms with E-state index in [4.69, 9.17) is 5.11 Å². The third-order valence-electron chi connectivity index (χ3n) is 2.61. The highest BCUT2D eigenvalue weighted by Gasteiger charge is 2.12. The number of hydrogen-bond acceptors (Lipinski definition) is 4. The molecular weight excluding hydrogens is 260 g/mol. The van der Waals surface area contributed by atoms with E-state index in [9.17, 15) is 9.59 Å². The van der Waals surface area contributed by atoms with Crippen molar-refractivity contribution in [3.05, 3.63) is 36.2 Å². The zero-order valence-electron chi connectivity index (χ0n) is 11.0. The number of fused-ring (bicyclic) bond motifs is 1. The average molecular weight is 276 g/mol. The summed E-state index contributed by atoms with van der Waals surface area (Å²) < 4.78 is 1.59. The molecule has 3 N–H and O–H groups in total. The maximum Gasteiger partial charge on any atom is 0.272 e. The Morgan fingerprint density at radius 1 is 1.40 bits per heavy atom. The molecule has 106 valence electrons. The molecule has 2 heterocycles. The minimum Gasteiger partial charge on any atom is -0.392 e. The summed E-state index contributed by atoms with van der Waals surface area (Å²) in [6.07, 6.45) is 1.12. The normalized spacial score (nSPS) is 12.1. The molecule has 1 atom stereocenters. The Labute approximate surface area is 115 Å². The third-order valence-corrected chi connectivity index (χ3v) is 2.61. The van der Waals surface area contributed by atoms with Crippen molar-refractivity contribution < 1.29 is 14.7 Å². The first-order valence-corrected chi connectivity index (χ1v) is 6.23. The summed E-state index contributed by atoms with van der Waals surface area (Å²) >= 11 is 0. The molecule has 2 amide bonds. The van der Waals surface area contributed by atoms with Crippen molar-refractivity contribution in [2.75, 3.05) is 13.1 Å². The number of rotatable bonds is 5. The molecule has 0 saturated carbocycles. The van der Waals surface area contributed by atoms with Crippen LogP contribution in [0.4, 0.5) is 0 Å². The molecule has 2 rings (SSSR count). The quantitative estimate of drug-likeness (QED) is 0.690. The van der Waals surface area contributed by atoms with Crippen LogP contribution in [-0.2, 0) is 4.79 Å². The maximum atomic E-state index is 11.8. The standard InChI is InChI=1S/C13H16N4O3/c1-9(18)7-14-12(19)8-15-13(20)11-6-10-4-2-3-5-17(10)16-11/h2-6,9,18H,7-8H2,1H3,(H,14,19)(H,15,20). The van der Waals surface area contributed by atoms with Crippen molar-refractivity contribution in [3.63, 3.8) is 0 Å². The second-order valence-corrected chi connectivity index (χ2v) is 4.44. The fourth-order valence-corrected chi connectivity index (χ4v) is 1.62.